The van der Waals surface area contributed by atoms with Crippen molar-refractivity contribution in [1.29, 1.82) is 0 Å². The molecule has 1 unspecified atom stereocenters. The summed E-state index contributed by atoms with van der Waals surface area (Å²) in [6.07, 6.45) is 4.25. The summed E-state index contributed by atoms with van der Waals surface area (Å²) < 4.78 is 0. The molecule has 1 aliphatic carbocycles. The Balaban J connectivity index is 2.24. The quantitative estimate of drug-likeness (QED) is 0.684. The van der Waals surface area contributed by atoms with E-state index in [-0.39, 0.29) is 0 Å². The van der Waals surface area contributed by atoms with Gasteiger partial charge in [-0.15, -0.1) is 0 Å². The van der Waals surface area contributed by atoms with E-state index >= 15 is 0 Å². The number of rotatable bonds is 5. The van der Waals surface area contributed by atoms with Crippen molar-refractivity contribution in [3.8, 4) is 0 Å². The van der Waals surface area contributed by atoms with Crippen LogP contribution >= 0.6 is 24.4 Å². The molecule has 1 saturated carbocycles. The molecule has 0 aromatic carbocycles. The average molecular weight is 218 g/mol. The molecule has 0 saturated heterocycles. The molecule has 0 amide bonds. The summed E-state index contributed by atoms with van der Waals surface area (Å²) in [5.74, 6) is 3.22. The van der Waals surface area contributed by atoms with Gasteiger partial charge in [-0.3, -0.25) is 0 Å². The number of thioether (sulfide) groups is 1. The van der Waals surface area contributed by atoms with Gasteiger partial charge in [-0.25, -0.2) is 0 Å². The second-order valence-corrected chi connectivity index (χ2v) is 6.45. The number of hydrogen-bond acceptors (Lipinski definition) is 2. The highest BCUT2D eigenvalue weighted by molar-refractivity contribution is 7.99. The van der Waals surface area contributed by atoms with Crippen LogP contribution in [0, 0.1) is 11.3 Å². The SMILES string of the molecule is CC(C)C(C)SCC1(CS)CCC1. The molecule has 2 heteroatoms. The van der Waals surface area contributed by atoms with Gasteiger partial charge in [-0.1, -0.05) is 27.2 Å². The van der Waals surface area contributed by atoms with E-state index in [1.54, 1.807) is 0 Å². The van der Waals surface area contributed by atoms with E-state index in [9.17, 15) is 0 Å². The minimum absolute atomic E-state index is 0.608. The lowest BCUT2D eigenvalue weighted by molar-refractivity contribution is 0.205. The Labute approximate surface area is 92.7 Å². The molecule has 0 bridgehead atoms. The van der Waals surface area contributed by atoms with E-state index in [1.165, 1.54) is 25.0 Å². The zero-order chi connectivity index (χ0) is 9.90. The molecule has 0 radical (unpaired) electrons. The Morgan fingerprint density at radius 3 is 2.23 bits per heavy atom. The van der Waals surface area contributed by atoms with Crippen LogP contribution in [0.3, 0.4) is 0 Å². The Morgan fingerprint density at radius 2 is 1.92 bits per heavy atom. The zero-order valence-electron chi connectivity index (χ0n) is 9.05. The summed E-state index contributed by atoms with van der Waals surface area (Å²) in [4.78, 5) is 0. The van der Waals surface area contributed by atoms with E-state index in [1.807, 2.05) is 0 Å². The fraction of sp³-hybridized carbons (Fsp3) is 1.00. The molecule has 1 atom stereocenters. The average Bonchev–Trinajstić information content (AvgIpc) is 2.02. The maximum absolute atomic E-state index is 4.47. The summed E-state index contributed by atoms with van der Waals surface area (Å²) in [5, 5.41) is 0.803. The number of hydrogen-bond donors (Lipinski definition) is 1. The van der Waals surface area contributed by atoms with Gasteiger partial charge in [-0.2, -0.15) is 24.4 Å². The second-order valence-electron chi connectivity index (χ2n) is 4.77. The van der Waals surface area contributed by atoms with Crippen molar-refractivity contribution >= 4 is 24.4 Å². The first-order chi connectivity index (χ1) is 6.09. The maximum Gasteiger partial charge on any atom is 0.00419 e. The largest absolute Gasteiger partial charge is 0.179 e. The molecule has 0 aromatic heterocycles. The van der Waals surface area contributed by atoms with Crippen molar-refractivity contribution in [3.05, 3.63) is 0 Å². The molecule has 1 rings (SSSR count). The molecule has 78 valence electrons. The summed E-state index contributed by atoms with van der Waals surface area (Å²) in [6.45, 7) is 6.97. The Morgan fingerprint density at radius 1 is 1.31 bits per heavy atom. The van der Waals surface area contributed by atoms with E-state index in [0.29, 0.717) is 5.41 Å². The van der Waals surface area contributed by atoms with E-state index in [0.717, 1.165) is 16.9 Å². The lowest BCUT2D eigenvalue weighted by Crippen LogP contribution is -2.34. The molecule has 1 fully saturated rings. The third kappa shape index (κ3) is 3.09. The summed E-state index contributed by atoms with van der Waals surface area (Å²) >= 11 is 6.62. The first-order valence-electron chi connectivity index (χ1n) is 5.32. The van der Waals surface area contributed by atoms with Crippen molar-refractivity contribution in [2.45, 2.75) is 45.3 Å². The van der Waals surface area contributed by atoms with E-state index in [2.05, 4.69) is 45.2 Å². The molecule has 0 spiro atoms. The molecule has 0 N–H and O–H groups in total. The summed E-state index contributed by atoms with van der Waals surface area (Å²) in [5.41, 5.74) is 0.608. The van der Waals surface area contributed by atoms with Crippen LogP contribution in [0.4, 0.5) is 0 Å². The van der Waals surface area contributed by atoms with Crippen LogP contribution in [0.5, 0.6) is 0 Å². The molecular weight excluding hydrogens is 196 g/mol. The first kappa shape index (κ1) is 11.8. The molecule has 0 nitrogen and oxygen atoms in total. The van der Waals surface area contributed by atoms with E-state index in [4.69, 9.17) is 0 Å². The van der Waals surface area contributed by atoms with Gasteiger partial charge in [0.25, 0.3) is 0 Å². The standard InChI is InChI=1S/C11H22S2/c1-9(2)10(3)13-8-11(7-12)5-4-6-11/h9-10,12H,4-8H2,1-3H3. The molecule has 0 aliphatic heterocycles. The summed E-state index contributed by atoms with van der Waals surface area (Å²) in [7, 11) is 0. The highest BCUT2D eigenvalue weighted by atomic mass is 32.2. The second kappa shape index (κ2) is 4.97. The van der Waals surface area contributed by atoms with Gasteiger partial charge in [0.1, 0.15) is 0 Å². The first-order valence-corrected chi connectivity index (χ1v) is 7.00. The van der Waals surface area contributed by atoms with Crippen molar-refractivity contribution in [2.75, 3.05) is 11.5 Å². The monoisotopic (exact) mass is 218 g/mol. The Bertz CT molecular complexity index is 145. The third-order valence-electron chi connectivity index (χ3n) is 3.34. The maximum atomic E-state index is 4.47. The molecule has 0 heterocycles. The molecule has 1 aliphatic rings. The normalized spacial score (nSPS) is 22.8. The van der Waals surface area contributed by atoms with Crippen LogP contribution in [0.2, 0.25) is 0 Å². The fourth-order valence-electron chi connectivity index (χ4n) is 1.53. The highest BCUT2D eigenvalue weighted by Gasteiger charge is 2.35. The van der Waals surface area contributed by atoms with Gasteiger partial charge in [0.05, 0.1) is 0 Å². The minimum Gasteiger partial charge on any atom is -0.179 e. The van der Waals surface area contributed by atoms with Crippen molar-refractivity contribution in [1.82, 2.24) is 0 Å². The van der Waals surface area contributed by atoms with Crippen LogP contribution in [-0.2, 0) is 0 Å². The van der Waals surface area contributed by atoms with Crippen molar-refractivity contribution in [3.63, 3.8) is 0 Å². The highest BCUT2D eigenvalue weighted by Crippen LogP contribution is 2.45. The smallest absolute Gasteiger partial charge is 0.00419 e. The van der Waals surface area contributed by atoms with Crippen LogP contribution in [-0.4, -0.2) is 16.8 Å². The topological polar surface area (TPSA) is 0 Å². The van der Waals surface area contributed by atoms with Crippen molar-refractivity contribution < 1.29 is 0 Å². The lowest BCUT2D eigenvalue weighted by Gasteiger charge is -2.41. The van der Waals surface area contributed by atoms with Gasteiger partial charge < -0.3 is 0 Å². The third-order valence-corrected chi connectivity index (χ3v) is 5.86. The van der Waals surface area contributed by atoms with Gasteiger partial charge in [0.2, 0.25) is 0 Å². The molecule has 13 heavy (non-hydrogen) atoms. The van der Waals surface area contributed by atoms with Gasteiger partial charge in [0, 0.05) is 5.25 Å². The Kier molecular flexibility index (Phi) is 4.50. The molecular formula is C11H22S2. The predicted octanol–water partition coefficient (Wildman–Crippen LogP) is 3.86. The predicted molar refractivity (Wildman–Crippen MR) is 66.9 cm³/mol. The molecule has 0 aromatic rings. The number of thiol groups is 1. The zero-order valence-corrected chi connectivity index (χ0v) is 10.8. The van der Waals surface area contributed by atoms with Crippen LogP contribution in [0.25, 0.3) is 0 Å². The van der Waals surface area contributed by atoms with Crippen molar-refractivity contribution in [2.24, 2.45) is 11.3 Å². The summed E-state index contributed by atoms with van der Waals surface area (Å²) in [6, 6.07) is 0. The van der Waals surface area contributed by atoms with Crippen LogP contribution in [0.15, 0.2) is 0 Å². The van der Waals surface area contributed by atoms with Gasteiger partial charge in [-0.05, 0) is 35.7 Å². The van der Waals surface area contributed by atoms with Crippen LogP contribution in [0.1, 0.15) is 40.0 Å². The Hall–Kier alpha value is 0.700. The van der Waals surface area contributed by atoms with Crippen LogP contribution < -0.4 is 0 Å². The van der Waals surface area contributed by atoms with E-state index < -0.39 is 0 Å². The minimum atomic E-state index is 0.608. The lowest BCUT2D eigenvalue weighted by atomic mass is 9.72. The fourth-order valence-corrected chi connectivity index (χ4v) is 3.50. The van der Waals surface area contributed by atoms with Gasteiger partial charge >= 0.3 is 0 Å². The van der Waals surface area contributed by atoms with Gasteiger partial charge in [0.15, 0.2) is 0 Å².